The third-order valence-electron chi connectivity index (χ3n) is 1.77. The first kappa shape index (κ1) is 9.22. The monoisotopic (exact) mass is 310 g/mol. The maximum atomic E-state index is 11.5. The maximum absolute atomic E-state index is 11.5. The summed E-state index contributed by atoms with van der Waals surface area (Å²) in [5.74, 6) is 0. The molecule has 0 fully saturated rings. The van der Waals surface area contributed by atoms with Crippen LogP contribution in [0.15, 0.2) is 23.1 Å². The van der Waals surface area contributed by atoms with E-state index in [1.54, 1.807) is 12.1 Å². The average molecular weight is 310 g/mol. The second-order valence-corrected chi connectivity index (χ2v) is 5.62. The lowest BCUT2D eigenvalue weighted by Gasteiger charge is -2.18. The van der Waals surface area contributed by atoms with Crippen molar-refractivity contribution in [2.75, 3.05) is 12.0 Å². The van der Waals surface area contributed by atoms with Crippen LogP contribution in [-0.4, -0.2) is 15.1 Å². The molecule has 1 heterocycles. The van der Waals surface area contributed by atoms with Crippen molar-refractivity contribution >= 4 is 38.3 Å². The van der Waals surface area contributed by atoms with Gasteiger partial charge in [0.25, 0.3) is 0 Å². The Morgan fingerprint density at radius 1 is 1.38 bits per heavy atom. The lowest BCUT2D eigenvalue weighted by Crippen LogP contribution is -2.34. The molecule has 70 valence electrons. The van der Waals surface area contributed by atoms with E-state index >= 15 is 0 Å². The van der Waals surface area contributed by atoms with Crippen LogP contribution < -0.4 is 10.0 Å². The molecule has 0 atom stereocenters. The van der Waals surface area contributed by atoms with Crippen molar-refractivity contribution in [3.05, 3.63) is 21.8 Å². The van der Waals surface area contributed by atoms with E-state index in [1.807, 2.05) is 6.07 Å². The van der Waals surface area contributed by atoms with Crippen LogP contribution in [0.1, 0.15) is 0 Å². The molecule has 4 nitrogen and oxygen atoms in total. The number of hydrogen-bond acceptors (Lipinski definition) is 3. The van der Waals surface area contributed by atoms with Crippen LogP contribution in [-0.2, 0) is 10.0 Å². The minimum absolute atomic E-state index is 0.260. The summed E-state index contributed by atoms with van der Waals surface area (Å²) < 4.78 is 26.2. The van der Waals surface area contributed by atoms with Gasteiger partial charge in [0.1, 0.15) is 4.90 Å². The molecule has 1 aliphatic rings. The molecule has 13 heavy (non-hydrogen) atoms. The average Bonchev–Trinajstić information content (AvgIpc) is 2.06. The van der Waals surface area contributed by atoms with Crippen LogP contribution in [0.3, 0.4) is 0 Å². The molecule has 0 aromatic heterocycles. The molecule has 0 saturated carbocycles. The summed E-state index contributed by atoms with van der Waals surface area (Å²) in [5.41, 5.74) is 0.666. The van der Waals surface area contributed by atoms with Crippen molar-refractivity contribution in [1.29, 1.82) is 0 Å². The van der Waals surface area contributed by atoms with Gasteiger partial charge in [0, 0.05) is 3.57 Å². The fourth-order valence-corrected chi connectivity index (χ4v) is 3.00. The number of anilines is 1. The topological polar surface area (TPSA) is 58.2 Å². The zero-order valence-corrected chi connectivity index (χ0v) is 9.52. The van der Waals surface area contributed by atoms with Crippen LogP contribution in [0.25, 0.3) is 0 Å². The van der Waals surface area contributed by atoms with Gasteiger partial charge in [-0.25, -0.2) is 8.42 Å². The molecule has 1 aromatic rings. The van der Waals surface area contributed by atoms with Crippen LogP contribution in [0, 0.1) is 3.57 Å². The third-order valence-corrected chi connectivity index (χ3v) is 3.89. The second kappa shape index (κ2) is 3.10. The highest BCUT2D eigenvalue weighted by atomic mass is 127. The normalized spacial score (nSPS) is 18.8. The number of hydrogen-bond donors (Lipinski definition) is 2. The van der Waals surface area contributed by atoms with Gasteiger partial charge in [-0.3, -0.25) is 0 Å². The van der Waals surface area contributed by atoms with Gasteiger partial charge in [-0.15, -0.1) is 0 Å². The zero-order valence-electron chi connectivity index (χ0n) is 6.54. The van der Waals surface area contributed by atoms with Crippen LogP contribution in [0.2, 0.25) is 0 Å². The Morgan fingerprint density at radius 2 is 2.15 bits per heavy atom. The first-order chi connectivity index (χ1) is 6.09. The van der Waals surface area contributed by atoms with Crippen LogP contribution in [0.4, 0.5) is 5.69 Å². The van der Waals surface area contributed by atoms with Crippen molar-refractivity contribution < 1.29 is 8.42 Å². The number of sulfonamides is 1. The van der Waals surface area contributed by atoms with E-state index in [4.69, 9.17) is 0 Å². The highest BCUT2D eigenvalue weighted by molar-refractivity contribution is 14.1. The van der Waals surface area contributed by atoms with E-state index in [1.165, 1.54) is 0 Å². The molecule has 0 radical (unpaired) electrons. The predicted octanol–water partition coefficient (Wildman–Crippen LogP) is 0.952. The maximum Gasteiger partial charge on any atom is 0.244 e. The fraction of sp³-hybridized carbons (Fsp3) is 0.143. The van der Waals surface area contributed by atoms with Gasteiger partial charge < -0.3 is 5.32 Å². The third kappa shape index (κ3) is 1.65. The molecule has 6 heteroatoms. The molecule has 2 N–H and O–H groups in total. The van der Waals surface area contributed by atoms with Crippen molar-refractivity contribution in [1.82, 2.24) is 4.72 Å². The highest BCUT2D eigenvalue weighted by Crippen LogP contribution is 2.25. The molecule has 0 amide bonds. The minimum atomic E-state index is -3.28. The SMILES string of the molecule is O=S1(=O)NCNc2ccc(I)cc21. The highest BCUT2D eigenvalue weighted by Gasteiger charge is 2.22. The number of benzene rings is 1. The number of nitrogens with one attached hydrogen (secondary N) is 2. The van der Waals surface area contributed by atoms with E-state index < -0.39 is 10.0 Å². The summed E-state index contributed by atoms with van der Waals surface area (Å²) in [6.07, 6.45) is 0. The summed E-state index contributed by atoms with van der Waals surface area (Å²) in [7, 11) is -3.28. The molecule has 0 spiro atoms. The first-order valence-corrected chi connectivity index (χ1v) is 6.19. The summed E-state index contributed by atoms with van der Waals surface area (Å²) in [6.45, 7) is 0.260. The van der Waals surface area contributed by atoms with E-state index in [0.29, 0.717) is 10.6 Å². The lowest BCUT2D eigenvalue weighted by molar-refractivity contribution is 0.581. The Bertz CT molecular complexity index is 444. The molecule has 1 aliphatic heterocycles. The number of halogens is 1. The standard InChI is InChI=1S/C7H7IN2O2S/c8-5-1-2-6-7(3-5)13(11,12)10-4-9-6/h1-3,9-10H,4H2. The van der Waals surface area contributed by atoms with E-state index in [0.717, 1.165) is 3.57 Å². The molecule has 0 saturated heterocycles. The largest absolute Gasteiger partial charge is 0.370 e. The van der Waals surface area contributed by atoms with Crippen molar-refractivity contribution in [3.63, 3.8) is 0 Å². The van der Waals surface area contributed by atoms with Crippen molar-refractivity contribution in [2.24, 2.45) is 0 Å². The van der Waals surface area contributed by atoms with Crippen molar-refractivity contribution in [3.8, 4) is 0 Å². The quantitative estimate of drug-likeness (QED) is 0.702. The second-order valence-electron chi connectivity index (χ2n) is 2.64. The zero-order chi connectivity index (χ0) is 9.47. The first-order valence-electron chi connectivity index (χ1n) is 3.63. The fourth-order valence-electron chi connectivity index (χ4n) is 1.17. The molecule has 0 aliphatic carbocycles. The Hall–Kier alpha value is -0.340. The van der Waals surface area contributed by atoms with Gasteiger partial charge in [0.2, 0.25) is 10.0 Å². The van der Waals surface area contributed by atoms with Gasteiger partial charge in [-0.2, -0.15) is 4.72 Å². The summed E-state index contributed by atoms with van der Waals surface area (Å²) in [5, 5.41) is 2.95. The van der Waals surface area contributed by atoms with Gasteiger partial charge in [-0.1, -0.05) is 0 Å². The molecular weight excluding hydrogens is 303 g/mol. The predicted molar refractivity (Wildman–Crippen MR) is 58.0 cm³/mol. The molecule has 0 unspecified atom stereocenters. The van der Waals surface area contributed by atoms with E-state index in [-0.39, 0.29) is 6.67 Å². The van der Waals surface area contributed by atoms with E-state index in [9.17, 15) is 8.42 Å². The molecule has 2 rings (SSSR count). The summed E-state index contributed by atoms with van der Waals surface area (Å²) in [4.78, 5) is 0.325. The Morgan fingerprint density at radius 3 is 2.92 bits per heavy atom. The number of fused-ring (bicyclic) bond motifs is 1. The van der Waals surface area contributed by atoms with Gasteiger partial charge in [-0.05, 0) is 40.8 Å². The summed E-state index contributed by atoms with van der Waals surface area (Å²) in [6, 6.07) is 5.28. The minimum Gasteiger partial charge on any atom is -0.370 e. The Kier molecular flexibility index (Phi) is 2.20. The smallest absolute Gasteiger partial charge is 0.244 e. The molecule has 1 aromatic carbocycles. The van der Waals surface area contributed by atoms with Gasteiger partial charge in [0.05, 0.1) is 12.4 Å². The summed E-state index contributed by atoms with van der Waals surface area (Å²) >= 11 is 2.08. The Labute approximate surface area is 89.9 Å². The molecular formula is C7H7IN2O2S. The van der Waals surface area contributed by atoms with Gasteiger partial charge in [0.15, 0.2) is 0 Å². The van der Waals surface area contributed by atoms with E-state index in [2.05, 4.69) is 32.6 Å². The number of rotatable bonds is 0. The van der Waals surface area contributed by atoms with Gasteiger partial charge >= 0.3 is 0 Å². The molecule has 0 bridgehead atoms. The Balaban J connectivity index is 2.68. The van der Waals surface area contributed by atoms with Crippen LogP contribution >= 0.6 is 22.6 Å². The van der Waals surface area contributed by atoms with Crippen LogP contribution in [0.5, 0.6) is 0 Å². The van der Waals surface area contributed by atoms with Crippen molar-refractivity contribution in [2.45, 2.75) is 4.90 Å². The lowest BCUT2D eigenvalue weighted by atomic mass is 10.3.